The summed E-state index contributed by atoms with van der Waals surface area (Å²) in [6.07, 6.45) is 2.75. The molecule has 190 valence electrons. The maximum Gasteiger partial charge on any atom is 0.324 e. The second-order valence-electron chi connectivity index (χ2n) is 11.0. The number of para-hydroxylation sites is 1. The molecule has 3 heterocycles. The van der Waals surface area contributed by atoms with E-state index in [-0.39, 0.29) is 17.7 Å². The number of rotatable bonds is 11. The van der Waals surface area contributed by atoms with Crippen molar-refractivity contribution in [2.75, 3.05) is 39.5 Å². The average molecular weight is 482 g/mol. The maximum atomic E-state index is 13.4. The smallest absolute Gasteiger partial charge is 0.324 e. The van der Waals surface area contributed by atoms with Gasteiger partial charge in [0.25, 0.3) is 0 Å². The lowest BCUT2D eigenvalue weighted by Crippen LogP contribution is -2.65. The second-order valence-corrected chi connectivity index (χ2v) is 11.0. The van der Waals surface area contributed by atoms with Crippen LogP contribution in [0.25, 0.3) is 0 Å². The third-order valence-corrected chi connectivity index (χ3v) is 7.29. The number of hydrogen-bond acceptors (Lipinski definition) is 5. The van der Waals surface area contributed by atoms with Crippen molar-refractivity contribution in [3.8, 4) is 5.75 Å². The van der Waals surface area contributed by atoms with Gasteiger partial charge >= 0.3 is 5.97 Å². The van der Waals surface area contributed by atoms with Crippen LogP contribution in [0.15, 0.2) is 60.7 Å². The molecule has 3 aliphatic heterocycles. The Hall–Kier alpha value is -2.41. The molecule has 1 N–H and O–H groups in total. The van der Waals surface area contributed by atoms with Crippen LogP contribution in [0.3, 0.4) is 0 Å². The first-order chi connectivity index (χ1) is 16.8. The molecule has 2 aromatic rings. The fraction of sp³-hybridized carbons (Fsp3) is 0.552. The maximum absolute atomic E-state index is 13.4. The highest BCUT2D eigenvalue weighted by molar-refractivity contribution is 5.76. The molecule has 2 bridgehead atoms. The molecular formula is C29H41N2O4+. The lowest BCUT2D eigenvalue weighted by atomic mass is 9.83. The van der Waals surface area contributed by atoms with Gasteiger partial charge in [0, 0.05) is 18.8 Å². The molecule has 35 heavy (non-hydrogen) atoms. The molecule has 2 aromatic carbocycles. The van der Waals surface area contributed by atoms with E-state index < -0.39 is 6.04 Å². The van der Waals surface area contributed by atoms with E-state index in [1.54, 1.807) is 0 Å². The molecule has 0 aliphatic carbocycles. The molecule has 5 rings (SSSR count). The molecule has 0 spiro atoms. The molecule has 2 atom stereocenters. The Morgan fingerprint density at radius 3 is 2.34 bits per heavy atom. The van der Waals surface area contributed by atoms with Crippen LogP contribution in [0.4, 0.5) is 0 Å². The summed E-state index contributed by atoms with van der Waals surface area (Å²) < 4.78 is 19.0. The Kier molecular flexibility index (Phi) is 8.47. The van der Waals surface area contributed by atoms with E-state index in [0.29, 0.717) is 25.7 Å². The number of quaternary nitrogens is 1. The van der Waals surface area contributed by atoms with Gasteiger partial charge in [-0.2, -0.15) is 0 Å². The molecule has 3 saturated heterocycles. The third kappa shape index (κ3) is 7.53. The zero-order valence-electron chi connectivity index (χ0n) is 21.4. The number of piperidine rings is 3. The van der Waals surface area contributed by atoms with Gasteiger partial charge in [-0.05, 0) is 44.9 Å². The van der Waals surface area contributed by atoms with Gasteiger partial charge in [0.15, 0.2) is 6.10 Å². The summed E-state index contributed by atoms with van der Waals surface area (Å²) >= 11 is 0. The minimum Gasteiger partial charge on any atom is -0.488 e. The zero-order valence-corrected chi connectivity index (χ0v) is 21.4. The second kappa shape index (κ2) is 11.5. The number of fused-ring (bicyclic) bond motifs is 3. The van der Waals surface area contributed by atoms with Crippen molar-refractivity contribution in [1.82, 2.24) is 5.32 Å². The summed E-state index contributed by atoms with van der Waals surface area (Å²) in [7, 11) is 0. The Balaban J connectivity index is 1.35. The first kappa shape index (κ1) is 25.7. The van der Waals surface area contributed by atoms with Gasteiger partial charge in [-0.3, -0.25) is 10.1 Å². The summed E-state index contributed by atoms with van der Waals surface area (Å²) in [5.41, 5.74) is 0.829. The lowest BCUT2D eigenvalue weighted by molar-refractivity contribution is -0.946. The number of nitrogens with one attached hydrogen (secondary N) is 1. The molecule has 0 amide bonds. The van der Waals surface area contributed by atoms with Crippen molar-refractivity contribution in [2.45, 2.75) is 57.8 Å². The number of benzene rings is 2. The van der Waals surface area contributed by atoms with E-state index in [4.69, 9.17) is 14.2 Å². The van der Waals surface area contributed by atoms with Gasteiger partial charge in [0.05, 0.1) is 25.4 Å². The molecule has 3 fully saturated rings. The minimum atomic E-state index is -0.440. The van der Waals surface area contributed by atoms with Gasteiger partial charge in [-0.25, -0.2) is 0 Å². The van der Waals surface area contributed by atoms with Crippen LogP contribution in [-0.2, 0) is 20.7 Å². The van der Waals surface area contributed by atoms with E-state index in [0.717, 1.165) is 54.8 Å². The number of hydrogen-bond donors (Lipinski definition) is 1. The third-order valence-electron chi connectivity index (χ3n) is 7.29. The monoisotopic (exact) mass is 481 g/mol. The predicted molar refractivity (Wildman–Crippen MR) is 137 cm³/mol. The topological polar surface area (TPSA) is 56.8 Å². The van der Waals surface area contributed by atoms with Gasteiger partial charge in [-0.15, -0.1) is 0 Å². The highest BCUT2D eigenvalue weighted by atomic mass is 16.5. The van der Waals surface area contributed by atoms with Crippen LogP contribution in [0.5, 0.6) is 5.75 Å². The highest BCUT2D eigenvalue weighted by Crippen LogP contribution is 2.35. The SMILES string of the molecule is CC(C)(C)OCNC(Cc1ccccc1)C(=O)OC1C[N+]2(CCOc3ccccc3)CCC1CC2. The molecule has 0 saturated carbocycles. The van der Waals surface area contributed by atoms with Gasteiger partial charge in [0.1, 0.15) is 31.5 Å². The van der Waals surface area contributed by atoms with E-state index >= 15 is 0 Å². The minimum absolute atomic E-state index is 0.0367. The van der Waals surface area contributed by atoms with Gasteiger partial charge in [0.2, 0.25) is 0 Å². The number of carbonyl (C=O) groups excluding carboxylic acids is 1. The molecule has 0 radical (unpaired) electrons. The van der Waals surface area contributed by atoms with Gasteiger partial charge in [-0.1, -0.05) is 48.5 Å². The van der Waals surface area contributed by atoms with Crippen LogP contribution < -0.4 is 10.1 Å². The van der Waals surface area contributed by atoms with Crippen molar-refractivity contribution in [1.29, 1.82) is 0 Å². The average Bonchev–Trinajstić information content (AvgIpc) is 2.84. The molecule has 6 heteroatoms. The van der Waals surface area contributed by atoms with E-state index in [1.807, 2.05) is 81.4 Å². The number of ether oxygens (including phenoxy) is 3. The highest BCUT2D eigenvalue weighted by Gasteiger charge is 2.47. The quantitative estimate of drug-likeness (QED) is 0.296. The summed E-state index contributed by atoms with van der Waals surface area (Å²) in [5.74, 6) is 1.19. The fourth-order valence-electron chi connectivity index (χ4n) is 5.22. The van der Waals surface area contributed by atoms with E-state index in [9.17, 15) is 4.79 Å². The fourth-order valence-corrected chi connectivity index (χ4v) is 5.22. The van der Waals surface area contributed by atoms with Crippen LogP contribution in [-0.4, -0.2) is 67.7 Å². The van der Waals surface area contributed by atoms with Crippen molar-refractivity contribution in [3.05, 3.63) is 66.2 Å². The normalized spacial score (nSPS) is 24.7. The van der Waals surface area contributed by atoms with Crippen molar-refractivity contribution < 1.29 is 23.5 Å². The number of nitrogens with zero attached hydrogens (tertiary/aromatic N) is 1. The van der Waals surface area contributed by atoms with Crippen molar-refractivity contribution in [2.24, 2.45) is 5.92 Å². The summed E-state index contributed by atoms with van der Waals surface area (Å²) in [6, 6.07) is 19.6. The van der Waals surface area contributed by atoms with Gasteiger partial charge < -0.3 is 18.7 Å². The van der Waals surface area contributed by atoms with Crippen LogP contribution >= 0.6 is 0 Å². The molecule has 3 aliphatic rings. The number of carbonyl (C=O) groups is 1. The standard InChI is InChI=1S/C29H41N2O4/c1-29(2,3)34-22-30-26(20-23-10-6-4-7-11-23)28(32)35-27-21-31(16-14-24(27)15-17-31)18-19-33-25-12-8-5-9-13-25/h4-13,24,26-27,30H,14-22H2,1-3H3/q+1. The van der Waals surface area contributed by atoms with E-state index in [1.165, 1.54) is 0 Å². The Labute approximate surface area is 210 Å². The zero-order chi connectivity index (χ0) is 24.7. The Morgan fingerprint density at radius 1 is 1.03 bits per heavy atom. The largest absolute Gasteiger partial charge is 0.488 e. The Morgan fingerprint density at radius 2 is 1.69 bits per heavy atom. The molecule has 6 nitrogen and oxygen atoms in total. The predicted octanol–water partition coefficient (Wildman–Crippen LogP) is 4.19. The van der Waals surface area contributed by atoms with Crippen LogP contribution in [0, 0.1) is 5.92 Å². The first-order valence-electron chi connectivity index (χ1n) is 13.0. The van der Waals surface area contributed by atoms with Crippen LogP contribution in [0.1, 0.15) is 39.2 Å². The van der Waals surface area contributed by atoms with Crippen molar-refractivity contribution in [3.63, 3.8) is 0 Å². The van der Waals surface area contributed by atoms with E-state index in [2.05, 4.69) is 5.32 Å². The van der Waals surface area contributed by atoms with Crippen molar-refractivity contribution >= 4 is 5.97 Å². The number of esters is 1. The molecular weight excluding hydrogens is 440 g/mol. The Bertz CT molecular complexity index is 921. The summed E-state index contributed by atoms with van der Waals surface area (Å²) in [6.45, 7) is 11.1. The summed E-state index contributed by atoms with van der Waals surface area (Å²) in [5, 5.41) is 3.30. The molecule has 0 aromatic heterocycles. The summed E-state index contributed by atoms with van der Waals surface area (Å²) in [4.78, 5) is 13.4. The molecule has 2 unspecified atom stereocenters. The van der Waals surface area contributed by atoms with Crippen LogP contribution in [0.2, 0.25) is 0 Å². The lowest BCUT2D eigenvalue weighted by Gasteiger charge is -2.52. The first-order valence-corrected chi connectivity index (χ1v) is 13.0.